The van der Waals surface area contributed by atoms with E-state index in [1.807, 2.05) is 0 Å². The van der Waals surface area contributed by atoms with Gasteiger partial charge in [-0.25, -0.2) is 0 Å². The minimum absolute atomic E-state index is 0.448. The molecule has 0 aliphatic carbocycles. The maximum absolute atomic E-state index is 5.52. The summed E-state index contributed by atoms with van der Waals surface area (Å²) in [5.41, 5.74) is 5.52. The number of nitrogens with zero attached hydrogens (tertiary/aromatic N) is 1. The zero-order valence-corrected chi connectivity index (χ0v) is 11.2. The fraction of sp³-hybridized carbons (Fsp3) is 1.00. The van der Waals surface area contributed by atoms with Gasteiger partial charge in [-0.15, -0.1) is 0 Å². The van der Waals surface area contributed by atoms with Gasteiger partial charge in [-0.2, -0.15) is 0 Å². The van der Waals surface area contributed by atoms with E-state index in [1.54, 1.807) is 7.11 Å². The van der Waals surface area contributed by atoms with Gasteiger partial charge in [-0.05, 0) is 32.5 Å². The Balaban J connectivity index is 3.65. The number of hydrogen-bond donors (Lipinski definition) is 2. The van der Waals surface area contributed by atoms with E-state index in [-0.39, 0.29) is 0 Å². The molecule has 1 atom stereocenters. The molecule has 0 heterocycles. The van der Waals surface area contributed by atoms with Crippen LogP contribution in [0.15, 0.2) is 0 Å². The summed E-state index contributed by atoms with van der Waals surface area (Å²) >= 11 is 0. The first-order valence-electron chi connectivity index (χ1n) is 6.43. The molecule has 0 fully saturated rings. The zero-order valence-electron chi connectivity index (χ0n) is 11.2. The van der Waals surface area contributed by atoms with Crippen molar-refractivity contribution in [2.45, 2.75) is 32.7 Å². The summed E-state index contributed by atoms with van der Waals surface area (Å²) in [4.78, 5) is 2.42. The highest BCUT2D eigenvalue weighted by Crippen LogP contribution is 1.96. The predicted molar refractivity (Wildman–Crippen MR) is 69.7 cm³/mol. The van der Waals surface area contributed by atoms with Gasteiger partial charge in [0.1, 0.15) is 0 Å². The Morgan fingerprint density at radius 1 is 1.31 bits per heavy atom. The van der Waals surface area contributed by atoms with Crippen LogP contribution in [0.25, 0.3) is 0 Å². The van der Waals surface area contributed by atoms with Crippen LogP contribution in [0.3, 0.4) is 0 Å². The van der Waals surface area contributed by atoms with Crippen LogP contribution in [-0.2, 0) is 4.74 Å². The normalized spacial score (nSPS) is 13.3. The van der Waals surface area contributed by atoms with Crippen molar-refractivity contribution in [3.8, 4) is 0 Å². The third kappa shape index (κ3) is 8.05. The highest BCUT2D eigenvalue weighted by Gasteiger charge is 2.07. The fourth-order valence-corrected chi connectivity index (χ4v) is 1.78. The molecule has 0 saturated carbocycles. The van der Waals surface area contributed by atoms with Crippen LogP contribution in [0, 0.1) is 0 Å². The van der Waals surface area contributed by atoms with Crippen molar-refractivity contribution < 1.29 is 4.74 Å². The molecule has 16 heavy (non-hydrogen) atoms. The van der Waals surface area contributed by atoms with Gasteiger partial charge >= 0.3 is 0 Å². The molecule has 0 spiro atoms. The number of rotatable bonds is 11. The fourth-order valence-electron chi connectivity index (χ4n) is 1.78. The summed E-state index contributed by atoms with van der Waals surface area (Å²) in [5.74, 6) is 0. The SMILES string of the molecule is CCN(CC)CCNC(CCCN)COC. The molecule has 98 valence electrons. The number of ether oxygens (including phenoxy) is 1. The van der Waals surface area contributed by atoms with Crippen LogP contribution < -0.4 is 11.1 Å². The second kappa shape index (κ2) is 11.3. The Labute approximate surface area is 101 Å². The Hall–Kier alpha value is -0.160. The van der Waals surface area contributed by atoms with Crippen molar-refractivity contribution in [3.63, 3.8) is 0 Å². The molecular formula is C12H29N3O. The van der Waals surface area contributed by atoms with Crippen molar-refractivity contribution in [2.75, 3.05) is 46.4 Å². The van der Waals surface area contributed by atoms with Gasteiger partial charge in [-0.3, -0.25) is 0 Å². The minimum atomic E-state index is 0.448. The smallest absolute Gasteiger partial charge is 0.0615 e. The van der Waals surface area contributed by atoms with E-state index in [0.717, 1.165) is 52.2 Å². The number of hydrogen-bond acceptors (Lipinski definition) is 4. The van der Waals surface area contributed by atoms with Gasteiger partial charge < -0.3 is 20.7 Å². The van der Waals surface area contributed by atoms with Gasteiger partial charge in [-0.1, -0.05) is 13.8 Å². The van der Waals surface area contributed by atoms with Gasteiger partial charge in [0.15, 0.2) is 0 Å². The van der Waals surface area contributed by atoms with Gasteiger partial charge in [0.2, 0.25) is 0 Å². The summed E-state index contributed by atoms with van der Waals surface area (Å²) < 4.78 is 5.19. The number of nitrogens with one attached hydrogen (secondary N) is 1. The molecule has 0 bridgehead atoms. The third-order valence-electron chi connectivity index (χ3n) is 2.88. The lowest BCUT2D eigenvalue weighted by Gasteiger charge is -2.22. The lowest BCUT2D eigenvalue weighted by atomic mass is 10.1. The molecule has 4 nitrogen and oxygen atoms in total. The predicted octanol–water partition coefficient (Wildman–Crippen LogP) is 0.672. The first-order valence-corrected chi connectivity index (χ1v) is 6.43. The van der Waals surface area contributed by atoms with Crippen LogP contribution in [-0.4, -0.2) is 57.4 Å². The molecule has 0 aromatic carbocycles. The Kier molecular flexibility index (Phi) is 11.2. The van der Waals surface area contributed by atoms with E-state index in [9.17, 15) is 0 Å². The van der Waals surface area contributed by atoms with Gasteiger partial charge in [0.05, 0.1) is 6.61 Å². The molecule has 0 saturated heterocycles. The van der Waals surface area contributed by atoms with Crippen LogP contribution in [0.2, 0.25) is 0 Å². The third-order valence-corrected chi connectivity index (χ3v) is 2.88. The molecule has 0 aliphatic rings. The molecule has 0 rings (SSSR count). The molecule has 0 aliphatic heterocycles. The Morgan fingerprint density at radius 2 is 2.00 bits per heavy atom. The average molecular weight is 231 g/mol. The highest BCUT2D eigenvalue weighted by molar-refractivity contribution is 4.67. The molecule has 4 heteroatoms. The van der Waals surface area contributed by atoms with Crippen LogP contribution in [0.1, 0.15) is 26.7 Å². The van der Waals surface area contributed by atoms with Crippen molar-refractivity contribution in [1.82, 2.24) is 10.2 Å². The first kappa shape index (κ1) is 15.8. The minimum Gasteiger partial charge on any atom is -0.383 e. The lowest BCUT2D eigenvalue weighted by molar-refractivity contribution is 0.159. The maximum Gasteiger partial charge on any atom is 0.0615 e. The van der Waals surface area contributed by atoms with Crippen molar-refractivity contribution >= 4 is 0 Å². The average Bonchev–Trinajstić information content (AvgIpc) is 2.31. The summed E-state index contributed by atoms with van der Waals surface area (Å²) in [7, 11) is 1.75. The summed E-state index contributed by atoms with van der Waals surface area (Å²) in [6.07, 6.45) is 2.16. The van der Waals surface area contributed by atoms with Gasteiger partial charge in [0.25, 0.3) is 0 Å². The Morgan fingerprint density at radius 3 is 2.50 bits per heavy atom. The van der Waals surface area contributed by atoms with E-state index >= 15 is 0 Å². The number of methoxy groups -OCH3 is 1. The van der Waals surface area contributed by atoms with Crippen molar-refractivity contribution in [2.24, 2.45) is 5.73 Å². The standard InChI is InChI=1S/C12H29N3O/c1-4-15(5-2)10-9-14-12(11-16-3)7-6-8-13/h12,14H,4-11,13H2,1-3H3. The van der Waals surface area contributed by atoms with Crippen LogP contribution in [0.5, 0.6) is 0 Å². The largest absolute Gasteiger partial charge is 0.383 e. The van der Waals surface area contributed by atoms with E-state index < -0.39 is 0 Å². The number of likely N-dealkylation sites (N-methyl/N-ethyl adjacent to an activating group) is 1. The quantitative estimate of drug-likeness (QED) is 0.549. The van der Waals surface area contributed by atoms with Crippen molar-refractivity contribution in [3.05, 3.63) is 0 Å². The first-order chi connectivity index (χ1) is 7.78. The lowest BCUT2D eigenvalue weighted by Crippen LogP contribution is -2.39. The topological polar surface area (TPSA) is 50.5 Å². The molecule has 0 aromatic heterocycles. The van der Waals surface area contributed by atoms with E-state index in [2.05, 4.69) is 24.1 Å². The molecule has 1 unspecified atom stereocenters. The molecule has 0 aromatic rings. The monoisotopic (exact) mass is 231 g/mol. The second-order valence-electron chi connectivity index (χ2n) is 4.06. The maximum atomic E-state index is 5.52. The molecular weight excluding hydrogens is 202 g/mol. The second-order valence-corrected chi connectivity index (χ2v) is 4.06. The summed E-state index contributed by atoms with van der Waals surface area (Å²) in [6.45, 7) is 10.3. The molecule has 3 N–H and O–H groups in total. The zero-order chi connectivity index (χ0) is 12.2. The van der Waals surface area contributed by atoms with Crippen LogP contribution >= 0.6 is 0 Å². The Bertz CT molecular complexity index is 140. The van der Waals surface area contributed by atoms with E-state index in [1.165, 1.54) is 0 Å². The number of nitrogens with two attached hydrogens (primary N) is 1. The van der Waals surface area contributed by atoms with Gasteiger partial charge in [0, 0.05) is 26.2 Å². The summed E-state index contributed by atoms with van der Waals surface area (Å²) in [6, 6.07) is 0.448. The summed E-state index contributed by atoms with van der Waals surface area (Å²) in [5, 5.41) is 3.53. The highest BCUT2D eigenvalue weighted by atomic mass is 16.5. The van der Waals surface area contributed by atoms with Crippen molar-refractivity contribution in [1.29, 1.82) is 0 Å². The van der Waals surface area contributed by atoms with E-state index in [4.69, 9.17) is 10.5 Å². The molecule has 0 amide bonds. The van der Waals surface area contributed by atoms with E-state index in [0.29, 0.717) is 6.04 Å². The molecule has 0 radical (unpaired) electrons. The van der Waals surface area contributed by atoms with Crippen LogP contribution in [0.4, 0.5) is 0 Å².